The first-order valence-electron chi connectivity index (χ1n) is 9.25. The van der Waals surface area contributed by atoms with Crippen molar-refractivity contribution in [2.45, 2.75) is 86.1 Å². The van der Waals surface area contributed by atoms with Crippen LogP contribution in [0.25, 0.3) is 0 Å². The van der Waals surface area contributed by atoms with Crippen molar-refractivity contribution in [2.75, 3.05) is 13.2 Å². The average Bonchev–Trinajstić information content (AvgIpc) is 2.48. The number of ether oxygens (including phenoxy) is 1. The molecule has 0 aliphatic heterocycles. The first-order valence-corrected chi connectivity index (χ1v) is 9.25. The van der Waals surface area contributed by atoms with Crippen molar-refractivity contribution in [3.63, 3.8) is 0 Å². The van der Waals surface area contributed by atoms with E-state index in [1.807, 2.05) is 13.8 Å². The number of rotatable bonds is 12. The van der Waals surface area contributed by atoms with Gasteiger partial charge in [-0.3, -0.25) is 4.79 Å². The van der Waals surface area contributed by atoms with Crippen LogP contribution in [0.3, 0.4) is 0 Å². The summed E-state index contributed by atoms with van der Waals surface area (Å²) in [6.45, 7) is 13.1. The predicted octanol–water partition coefficient (Wildman–Crippen LogP) is 4.42. The number of hydrogen-bond acceptors (Lipinski definition) is 3. The van der Waals surface area contributed by atoms with Gasteiger partial charge in [-0.2, -0.15) is 0 Å². The molecule has 0 radical (unpaired) electrons. The third-order valence-corrected chi connectivity index (χ3v) is 3.74. The van der Waals surface area contributed by atoms with Gasteiger partial charge in [0.25, 0.3) is 0 Å². The fourth-order valence-electron chi connectivity index (χ4n) is 2.39. The topological polar surface area (TPSA) is 46.6 Å². The van der Waals surface area contributed by atoms with Crippen LogP contribution in [-0.2, 0) is 14.3 Å². The lowest BCUT2D eigenvalue weighted by atomic mass is 10.1. The molecule has 0 aromatic carbocycles. The fraction of sp³-hybridized carbons (Fsp3) is 0.895. The Kier molecular flexibility index (Phi) is 11.8. The Bertz CT molecular complexity index is 340. The maximum Gasteiger partial charge on any atom is 0.328 e. The van der Waals surface area contributed by atoms with E-state index in [-0.39, 0.29) is 11.9 Å². The fourth-order valence-corrected chi connectivity index (χ4v) is 2.39. The van der Waals surface area contributed by atoms with E-state index in [0.717, 1.165) is 12.8 Å². The summed E-state index contributed by atoms with van der Waals surface area (Å²) in [5.74, 6) is 0.418. The molecule has 1 atom stereocenters. The summed E-state index contributed by atoms with van der Waals surface area (Å²) in [6, 6.07) is -0.501. The van der Waals surface area contributed by atoms with E-state index < -0.39 is 6.04 Å². The highest BCUT2D eigenvalue weighted by atomic mass is 16.5. The second-order valence-electron chi connectivity index (χ2n) is 7.30. The lowest BCUT2D eigenvalue weighted by molar-refractivity contribution is -0.155. The van der Waals surface area contributed by atoms with E-state index in [1.165, 1.54) is 19.3 Å². The van der Waals surface area contributed by atoms with Crippen molar-refractivity contribution >= 4 is 11.9 Å². The van der Waals surface area contributed by atoms with Gasteiger partial charge in [-0.25, -0.2) is 4.79 Å². The van der Waals surface area contributed by atoms with Gasteiger partial charge in [-0.05, 0) is 25.2 Å². The molecular weight excluding hydrogens is 290 g/mol. The Morgan fingerprint density at radius 1 is 0.913 bits per heavy atom. The van der Waals surface area contributed by atoms with Gasteiger partial charge in [0.15, 0.2) is 0 Å². The van der Waals surface area contributed by atoms with Gasteiger partial charge in [-0.15, -0.1) is 0 Å². The molecule has 0 fully saturated rings. The molecule has 136 valence electrons. The first kappa shape index (κ1) is 21.9. The molecule has 0 rings (SSSR count). The van der Waals surface area contributed by atoms with Gasteiger partial charge in [0.2, 0.25) is 5.91 Å². The monoisotopic (exact) mass is 327 g/mol. The quantitative estimate of drug-likeness (QED) is 0.394. The minimum Gasteiger partial charge on any atom is -0.464 e. The van der Waals surface area contributed by atoms with Crippen molar-refractivity contribution < 1.29 is 14.3 Å². The number of unbranched alkanes of at least 4 members (excludes halogenated alkanes) is 4. The first-order chi connectivity index (χ1) is 10.8. The van der Waals surface area contributed by atoms with E-state index in [9.17, 15) is 9.59 Å². The normalized spacial score (nSPS) is 12.5. The molecule has 0 aliphatic carbocycles. The van der Waals surface area contributed by atoms with Crippen LogP contribution in [0.15, 0.2) is 0 Å². The van der Waals surface area contributed by atoms with Crippen LogP contribution in [0.2, 0.25) is 0 Å². The number of hydrogen-bond donors (Lipinski definition) is 0. The molecule has 0 bridgehead atoms. The summed E-state index contributed by atoms with van der Waals surface area (Å²) < 4.78 is 5.30. The summed E-state index contributed by atoms with van der Waals surface area (Å²) in [5.41, 5.74) is 0. The van der Waals surface area contributed by atoms with Crippen molar-refractivity contribution in [1.29, 1.82) is 0 Å². The average molecular weight is 328 g/mol. The third-order valence-electron chi connectivity index (χ3n) is 3.74. The Hall–Kier alpha value is -1.06. The van der Waals surface area contributed by atoms with Crippen molar-refractivity contribution in [3.05, 3.63) is 0 Å². The zero-order valence-electron chi connectivity index (χ0n) is 16.1. The second-order valence-corrected chi connectivity index (χ2v) is 7.30. The lowest BCUT2D eigenvalue weighted by Gasteiger charge is -2.29. The maximum absolute atomic E-state index is 12.5. The van der Waals surface area contributed by atoms with E-state index >= 15 is 0 Å². The minimum absolute atomic E-state index is 0.0733. The number of esters is 1. The predicted molar refractivity (Wildman–Crippen MR) is 95.2 cm³/mol. The van der Waals surface area contributed by atoms with E-state index in [0.29, 0.717) is 31.4 Å². The van der Waals surface area contributed by atoms with Crippen molar-refractivity contribution in [2.24, 2.45) is 11.8 Å². The summed E-state index contributed by atoms with van der Waals surface area (Å²) in [6.07, 6.45) is 6.12. The van der Waals surface area contributed by atoms with Gasteiger partial charge in [0, 0.05) is 13.0 Å². The van der Waals surface area contributed by atoms with Crippen LogP contribution in [0.5, 0.6) is 0 Å². The molecule has 1 amide bonds. The summed E-state index contributed by atoms with van der Waals surface area (Å²) in [4.78, 5) is 26.4. The van der Waals surface area contributed by atoms with Gasteiger partial charge < -0.3 is 9.64 Å². The van der Waals surface area contributed by atoms with Crippen molar-refractivity contribution in [1.82, 2.24) is 4.90 Å². The standard InChI is InChI=1S/C19H37NO3/c1-7-8-9-10-11-12-18(21)20(13-15(2)3)17(6)19(22)23-14-16(4)5/h15-17H,7-14H2,1-6H3. The van der Waals surface area contributed by atoms with Gasteiger partial charge >= 0.3 is 5.97 Å². The van der Waals surface area contributed by atoms with Crippen LogP contribution in [0.4, 0.5) is 0 Å². The van der Waals surface area contributed by atoms with Crippen LogP contribution < -0.4 is 0 Å². The van der Waals surface area contributed by atoms with E-state index in [1.54, 1.807) is 11.8 Å². The molecule has 0 saturated carbocycles. The summed E-state index contributed by atoms with van der Waals surface area (Å²) in [7, 11) is 0. The Morgan fingerprint density at radius 2 is 1.52 bits per heavy atom. The Labute approximate surface area is 143 Å². The van der Waals surface area contributed by atoms with Crippen LogP contribution >= 0.6 is 0 Å². The summed E-state index contributed by atoms with van der Waals surface area (Å²) >= 11 is 0. The number of nitrogens with zero attached hydrogens (tertiary/aromatic N) is 1. The Balaban J connectivity index is 4.52. The molecule has 0 aromatic rings. The molecule has 0 aliphatic rings. The van der Waals surface area contributed by atoms with Crippen LogP contribution in [0, 0.1) is 11.8 Å². The van der Waals surface area contributed by atoms with E-state index in [4.69, 9.17) is 4.74 Å². The molecule has 4 heteroatoms. The highest BCUT2D eigenvalue weighted by Gasteiger charge is 2.27. The smallest absolute Gasteiger partial charge is 0.328 e. The van der Waals surface area contributed by atoms with Gasteiger partial charge in [-0.1, -0.05) is 60.3 Å². The second kappa shape index (κ2) is 12.4. The third kappa shape index (κ3) is 10.4. The van der Waals surface area contributed by atoms with Gasteiger partial charge in [0.1, 0.15) is 6.04 Å². The SMILES string of the molecule is CCCCCCCC(=O)N(CC(C)C)C(C)C(=O)OCC(C)C. The molecule has 23 heavy (non-hydrogen) atoms. The largest absolute Gasteiger partial charge is 0.464 e. The highest BCUT2D eigenvalue weighted by molar-refractivity contribution is 5.84. The maximum atomic E-state index is 12.5. The molecule has 0 spiro atoms. The van der Waals surface area contributed by atoms with E-state index in [2.05, 4.69) is 20.8 Å². The molecule has 0 heterocycles. The zero-order chi connectivity index (χ0) is 17.8. The van der Waals surface area contributed by atoms with Gasteiger partial charge in [0.05, 0.1) is 6.61 Å². The molecule has 1 unspecified atom stereocenters. The molecule has 0 saturated heterocycles. The van der Waals surface area contributed by atoms with Crippen LogP contribution in [0.1, 0.15) is 80.1 Å². The Morgan fingerprint density at radius 3 is 2.04 bits per heavy atom. The molecular formula is C19H37NO3. The zero-order valence-corrected chi connectivity index (χ0v) is 16.1. The van der Waals surface area contributed by atoms with Crippen molar-refractivity contribution in [3.8, 4) is 0 Å². The molecule has 0 N–H and O–H groups in total. The molecule has 4 nitrogen and oxygen atoms in total. The van der Waals surface area contributed by atoms with Crippen LogP contribution in [-0.4, -0.2) is 36.0 Å². The summed E-state index contributed by atoms with van der Waals surface area (Å²) in [5, 5.41) is 0. The number of amides is 1. The lowest BCUT2D eigenvalue weighted by Crippen LogP contribution is -2.46. The number of carbonyl (C=O) groups is 2. The molecule has 0 aromatic heterocycles. The minimum atomic E-state index is -0.501. The highest BCUT2D eigenvalue weighted by Crippen LogP contribution is 2.13. The number of carbonyl (C=O) groups excluding carboxylic acids is 2.